The van der Waals surface area contributed by atoms with Crippen LogP contribution in [0, 0.1) is 0 Å². The number of hydrogen-bond acceptors (Lipinski definition) is 7. The number of methoxy groups -OCH3 is 1. The summed E-state index contributed by atoms with van der Waals surface area (Å²) in [7, 11) is -2.74. The molecule has 1 heterocycles. The van der Waals surface area contributed by atoms with E-state index in [1.54, 1.807) is 0 Å². The number of carbonyl (C=O) groups is 2. The van der Waals surface area contributed by atoms with Crippen molar-refractivity contribution in [1.82, 2.24) is 15.0 Å². The Bertz CT molecular complexity index is 636. The molecule has 0 aliphatic heterocycles. The van der Waals surface area contributed by atoms with Crippen LogP contribution in [0.4, 0.5) is 0 Å². The van der Waals surface area contributed by atoms with Gasteiger partial charge >= 0.3 is 5.97 Å². The molecule has 1 fully saturated rings. The Labute approximate surface area is 126 Å². The summed E-state index contributed by atoms with van der Waals surface area (Å²) in [5, 5.41) is 2.76. The number of carbonyl (C=O) groups excluding carboxylic acids is 2. The van der Waals surface area contributed by atoms with E-state index in [0.717, 1.165) is 31.3 Å². The fourth-order valence-corrected chi connectivity index (χ4v) is 3.76. The van der Waals surface area contributed by atoms with Crippen LogP contribution in [0.3, 0.4) is 0 Å². The summed E-state index contributed by atoms with van der Waals surface area (Å²) in [5.41, 5.74) is 0.998. The number of nitrogens with one attached hydrogen (secondary N) is 2. The Morgan fingerprint density at radius 3 is 2.81 bits per heavy atom. The highest BCUT2D eigenvalue weighted by Gasteiger charge is 2.27. The molecule has 2 N–H and O–H groups in total. The van der Waals surface area contributed by atoms with Crippen LogP contribution in [0.5, 0.6) is 0 Å². The number of hydrogen-bond donors (Lipinski definition) is 2. The van der Waals surface area contributed by atoms with Crippen molar-refractivity contribution in [3.8, 4) is 0 Å². The molecule has 2 rings (SSSR count). The van der Waals surface area contributed by atoms with Crippen molar-refractivity contribution in [3.05, 3.63) is 11.2 Å². The molecule has 0 spiro atoms. The molecular formula is C11H15N3O5S2. The standard InChI is InChI=1S/C11H15N3O5S2/c1-19-10(16)9-11(20-6-12-9)21(17,18)13-5-4-8(15)14-7-2-3-7/h6-7,13H,2-5H2,1H3,(H,14,15). The van der Waals surface area contributed by atoms with Gasteiger partial charge in [-0.1, -0.05) is 0 Å². The van der Waals surface area contributed by atoms with Gasteiger partial charge in [0, 0.05) is 19.0 Å². The Morgan fingerprint density at radius 1 is 1.48 bits per heavy atom. The third-order valence-corrected chi connectivity index (χ3v) is 5.58. The van der Waals surface area contributed by atoms with Gasteiger partial charge in [-0.25, -0.2) is 22.9 Å². The first-order valence-electron chi connectivity index (χ1n) is 6.25. The monoisotopic (exact) mass is 333 g/mol. The summed E-state index contributed by atoms with van der Waals surface area (Å²) in [4.78, 5) is 26.6. The highest BCUT2D eigenvalue weighted by molar-refractivity contribution is 7.91. The summed E-state index contributed by atoms with van der Waals surface area (Å²) in [6, 6.07) is 0.238. The topological polar surface area (TPSA) is 114 Å². The fraction of sp³-hybridized carbons (Fsp3) is 0.545. The lowest BCUT2D eigenvalue weighted by molar-refractivity contribution is -0.121. The SMILES string of the molecule is COC(=O)c1ncsc1S(=O)(=O)NCCC(=O)NC1CC1. The summed E-state index contributed by atoms with van der Waals surface area (Å²) in [5.74, 6) is -1.01. The van der Waals surface area contributed by atoms with Gasteiger partial charge in [-0.15, -0.1) is 11.3 Å². The number of thiazole rings is 1. The van der Waals surface area contributed by atoms with Gasteiger partial charge < -0.3 is 10.1 Å². The molecule has 1 aromatic rings. The van der Waals surface area contributed by atoms with Crippen molar-refractivity contribution in [2.45, 2.75) is 29.5 Å². The van der Waals surface area contributed by atoms with Crippen LogP contribution in [-0.2, 0) is 19.6 Å². The van der Waals surface area contributed by atoms with E-state index in [1.807, 2.05) is 0 Å². The largest absolute Gasteiger partial charge is 0.464 e. The zero-order valence-electron chi connectivity index (χ0n) is 11.3. The predicted octanol–water partition coefficient (Wildman–Crippen LogP) is -0.123. The zero-order valence-corrected chi connectivity index (χ0v) is 12.9. The van der Waals surface area contributed by atoms with E-state index in [0.29, 0.717) is 0 Å². The second kappa shape index (κ2) is 6.50. The molecule has 1 aliphatic carbocycles. The molecule has 0 bridgehead atoms. The Kier molecular flexibility index (Phi) is 4.91. The molecule has 1 amide bonds. The third kappa shape index (κ3) is 4.22. The average molecular weight is 333 g/mol. The van der Waals surface area contributed by atoms with Crippen molar-refractivity contribution in [2.75, 3.05) is 13.7 Å². The van der Waals surface area contributed by atoms with Crippen LogP contribution in [0.25, 0.3) is 0 Å². The maximum absolute atomic E-state index is 12.1. The minimum atomic E-state index is -3.89. The van der Waals surface area contributed by atoms with E-state index in [2.05, 4.69) is 19.8 Å². The van der Waals surface area contributed by atoms with Crippen molar-refractivity contribution < 1.29 is 22.7 Å². The van der Waals surface area contributed by atoms with E-state index in [-0.39, 0.29) is 34.8 Å². The third-order valence-electron chi connectivity index (χ3n) is 2.74. The summed E-state index contributed by atoms with van der Waals surface area (Å²) in [6.07, 6.45) is 1.99. The normalized spacial score (nSPS) is 14.7. The lowest BCUT2D eigenvalue weighted by atomic mass is 10.4. The molecule has 0 atom stereocenters. The fourth-order valence-electron chi connectivity index (χ4n) is 1.55. The van der Waals surface area contributed by atoms with Gasteiger partial charge in [0.25, 0.3) is 10.0 Å². The summed E-state index contributed by atoms with van der Waals surface area (Å²) in [6.45, 7) is -0.0423. The Hall–Kier alpha value is -1.52. The van der Waals surface area contributed by atoms with Crippen molar-refractivity contribution in [3.63, 3.8) is 0 Å². The molecule has 1 aromatic heterocycles. The second-order valence-electron chi connectivity index (χ2n) is 4.47. The molecular weight excluding hydrogens is 318 g/mol. The van der Waals surface area contributed by atoms with Crippen molar-refractivity contribution >= 4 is 33.2 Å². The maximum Gasteiger partial charge on any atom is 0.358 e. The van der Waals surface area contributed by atoms with E-state index >= 15 is 0 Å². The maximum atomic E-state index is 12.1. The zero-order chi connectivity index (χ0) is 15.5. The number of rotatable bonds is 7. The molecule has 0 unspecified atom stereocenters. The van der Waals surface area contributed by atoms with Gasteiger partial charge in [-0.05, 0) is 12.8 Å². The number of sulfonamides is 1. The van der Waals surface area contributed by atoms with Gasteiger partial charge in [-0.2, -0.15) is 0 Å². The first-order chi connectivity index (χ1) is 9.94. The molecule has 116 valence electrons. The van der Waals surface area contributed by atoms with E-state index in [9.17, 15) is 18.0 Å². The quantitative estimate of drug-likeness (QED) is 0.672. The van der Waals surface area contributed by atoms with Crippen LogP contribution in [0.2, 0.25) is 0 Å². The lowest BCUT2D eigenvalue weighted by Crippen LogP contribution is -2.32. The first-order valence-corrected chi connectivity index (χ1v) is 8.61. The minimum absolute atomic E-state index is 0.0423. The highest BCUT2D eigenvalue weighted by atomic mass is 32.2. The minimum Gasteiger partial charge on any atom is -0.464 e. The molecule has 0 saturated heterocycles. The van der Waals surface area contributed by atoms with Gasteiger partial charge in [0.2, 0.25) is 5.91 Å². The highest BCUT2D eigenvalue weighted by Crippen LogP contribution is 2.20. The summed E-state index contributed by atoms with van der Waals surface area (Å²) < 4.78 is 30.7. The van der Waals surface area contributed by atoms with Crippen LogP contribution in [-0.4, -0.2) is 45.0 Å². The number of amides is 1. The summed E-state index contributed by atoms with van der Waals surface area (Å²) >= 11 is 0.817. The Balaban J connectivity index is 1.93. The van der Waals surface area contributed by atoms with Gasteiger partial charge in [0.15, 0.2) is 9.90 Å². The van der Waals surface area contributed by atoms with Crippen LogP contribution in [0.15, 0.2) is 9.72 Å². The smallest absolute Gasteiger partial charge is 0.358 e. The van der Waals surface area contributed by atoms with Crippen LogP contribution < -0.4 is 10.0 Å². The molecule has 21 heavy (non-hydrogen) atoms. The van der Waals surface area contributed by atoms with Gasteiger partial charge in [0.1, 0.15) is 0 Å². The van der Waals surface area contributed by atoms with Crippen LogP contribution >= 0.6 is 11.3 Å². The van der Waals surface area contributed by atoms with Gasteiger partial charge in [0.05, 0.1) is 12.6 Å². The van der Waals surface area contributed by atoms with Crippen molar-refractivity contribution in [1.29, 1.82) is 0 Å². The molecule has 1 aliphatic rings. The number of ether oxygens (including phenoxy) is 1. The molecule has 8 nitrogen and oxygen atoms in total. The Morgan fingerprint density at radius 2 is 2.19 bits per heavy atom. The van der Waals surface area contributed by atoms with E-state index in [1.165, 1.54) is 5.51 Å². The van der Waals surface area contributed by atoms with E-state index in [4.69, 9.17) is 0 Å². The van der Waals surface area contributed by atoms with E-state index < -0.39 is 16.0 Å². The number of aromatic nitrogens is 1. The first kappa shape index (κ1) is 15.9. The second-order valence-corrected chi connectivity index (χ2v) is 7.29. The van der Waals surface area contributed by atoms with Crippen LogP contribution in [0.1, 0.15) is 29.8 Å². The van der Waals surface area contributed by atoms with Gasteiger partial charge in [-0.3, -0.25) is 4.79 Å². The molecule has 1 saturated carbocycles. The molecule has 0 aromatic carbocycles. The lowest BCUT2D eigenvalue weighted by Gasteiger charge is -2.06. The molecule has 0 radical (unpaired) electrons. The predicted molar refractivity (Wildman–Crippen MR) is 74.4 cm³/mol. The average Bonchev–Trinajstić information content (AvgIpc) is 3.08. The molecule has 10 heteroatoms. The number of esters is 1. The number of nitrogens with zero attached hydrogens (tertiary/aromatic N) is 1. The van der Waals surface area contributed by atoms with Crippen molar-refractivity contribution in [2.24, 2.45) is 0 Å².